The zero-order valence-electron chi connectivity index (χ0n) is 19.7. The number of rotatable bonds is 11. The van der Waals surface area contributed by atoms with Gasteiger partial charge in [0.2, 0.25) is 0 Å². The minimum Gasteiger partial charge on any atom is -0.396 e. The summed E-state index contributed by atoms with van der Waals surface area (Å²) < 4.78 is 54.3. The number of carbonyl (C=O) groups excluding carboxylic acids is 1. The Morgan fingerprint density at radius 2 is 1.83 bits per heavy atom. The Labute approximate surface area is 211 Å². The van der Waals surface area contributed by atoms with Gasteiger partial charge in [0, 0.05) is 11.5 Å². The number of unbranched alkanes of at least 4 members (excludes halogenated alkanes) is 1. The molecular weight excluding hydrogens is 512 g/mol. The van der Waals surface area contributed by atoms with Crippen LogP contribution in [0.1, 0.15) is 48.3 Å². The molecule has 0 aliphatic heterocycles. The van der Waals surface area contributed by atoms with Crippen LogP contribution in [0, 0.1) is 11.6 Å². The number of aliphatic hydroxyl groups excluding tert-OH is 1. The van der Waals surface area contributed by atoms with Crippen molar-refractivity contribution in [3.8, 4) is 10.4 Å². The van der Waals surface area contributed by atoms with E-state index in [1.807, 2.05) is 0 Å². The second-order valence-electron chi connectivity index (χ2n) is 8.75. The van der Waals surface area contributed by atoms with Gasteiger partial charge in [0.05, 0.1) is 33.9 Å². The standard InChI is InChI=1S/C24H27F2N3O5S2/c1-24(2,32)14-10-17(25)21(18(26)11-14)19-12-16(22(27)31)23(35-19)29-20-7-5-6-15(28-20)13-36(33,34)9-4-3-8-30/h5-7,10-12,30,32H,3-4,8-9,13H2,1-2H3,(H2,27,31)(H,28,29). The second-order valence-corrected chi connectivity index (χ2v) is 12.0. The van der Waals surface area contributed by atoms with Gasteiger partial charge in [0.25, 0.3) is 5.91 Å². The van der Waals surface area contributed by atoms with E-state index in [1.165, 1.54) is 19.9 Å². The van der Waals surface area contributed by atoms with Crippen molar-refractivity contribution < 1.29 is 32.2 Å². The van der Waals surface area contributed by atoms with Gasteiger partial charge in [-0.05, 0) is 62.6 Å². The lowest BCUT2D eigenvalue weighted by Gasteiger charge is -2.18. The van der Waals surface area contributed by atoms with Crippen molar-refractivity contribution in [2.45, 2.75) is 38.0 Å². The SMILES string of the molecule is CC(C)(O)c1cc(F)c(-c2cc(C(N)=O)c(Nc3cccc(CS(=O)(=O)CCCCO)n3)s2)c(F)c1. The number of nitrogens with two attached hydrogens (primary N) is 1. The van der Waals surface area contributed by atoms with Crippen LogP contribution in [0.15, 0.2) is 36.4 Å². The third-order valence-electron chi connectivity index (χ3n) is 5.27. The number of thiophene rings is 1. The monoisotopic (exact) mass is 539 g/mol. The highest BCUT2D eigenvalue weighted by atomic mass is 32.2. The topological polar surface area (TPSA) is 143 Å². The highest BCUT2D eigenvalue weighted by Crippen LogP contribution is 2.40. The molecule has 194 valence electrons. The average molecular weight is 540 g/mol. The quantitative estimate of drug-likeness (QED) is 0.271. The van der Waals surface area contributed by atoms with Crippen molar-refractivity contribution in [2.24, 2.45) is 5.73 Å². The van der Waals surface area contributed by atoms with E-state index in [-0.39, 0.29) is 56.2 Å². The number of hydrogen-bond donors (Lipinski definition) is 4. The van der Waals surface area contributed by atoms with Gasteiger partial charge in [-0.25, -0.2) is 22.2 Å². The van der Waals surface area contributed by atoms with Gasteiger partial charge in [-0.2, -0.15) is 0 Å². The Bertz CT molecular complexity index is 1350. The minimum absolute atomic E-state index is 0.0239. The smallest absolute Gasteiger partial charge is 0.251 e. The lowest BCUT2D eigenvalue weighted by molar-refractivity contribution is 0.0778. The molecule has 3 aromatic rings. The van der Waals surface area contributed by atoms with Crippen LogP contribution in [0.25, 0.3) is 10.4 Å². The molecule has 2 heterocycles. The number of pyridine rings is 1. The molecule has 0 bridgehead atoms. The molecule has 2 aromatic heterocycles. The van der Waals surface area contributed by atoms with Crippen LogP contribution in [-0.2, 0) is 21.2 Å². The van der Waals surface area contributed by atoms with E-state index < -0.39 is 33.0 Å². The molecule has 1 aromatic carbocycles. The van der Waals surface area contributed by atoms with Gasteiger partial charge in [-0.3, -0.25) is 4.79 Å². The fourth-order valence-electron chi connectivity index (χ4n) is 3.43. The summed E-state index contributed by atoms with van der Waals surface area (Å²) in [5.41, 5.74) is 3.94. The molecule has 5 N–H and O–H groups in total. The Balaban J connectivity index is 1.91. The molecule has 8 nitrogen and oxygen atoms in total. The molecule has 0 aliphatic rings. The number of anilines is 2. The Hall–Kier alpha value is -2.93. The average Bonchev–Trinajstić information content (AvgIpc) is 3.16. The number of aromatic nitrogens is 1. The fraction of sp³-hybridized carbons (Fsp3) is 0.333. The molecule has 0 saturated carbocycles. The molecule has 12 heteroatoms. The van der Waals surface area contributed by atoms with E-state index >= 15 is 0 Å². The molecule has 0 radical (unpaired) electrons. The highest BCUT2D eigenvalue weighted by Gasteiger charge is 2.24. The summed E-state index contributed by atoms with van der Waals surface area (Å²) in [4.78, 5) is 16.4. The minimum atomic E-state index is -3.45. The number of halogens is 2. The lowest BCUT2D eigenvalue weighted by atomic mass is 9.96. The highest BCUT2D eigenvalue weighted by molar-refractivity contribution is 7.90. The Morgan fingerprint density at radius 3 is 2.42 bits per heavy atom. The predicted octanol–water partition coefficient (Wildman–Crippen LogP) is 3.85. The van der Waals surface area contributed by atoms with Crippen molar-refractivity contribution in [1.29, 1.82) is 0 Å². The predicted molar refractivity (Wildman–Crippen MR) is 135 cm³/mol. The number of nitrogens with zero attached hydrogens (tertiary/aromatic N) is 1. The van der Waals surface area contributed by atoms with Crippen LogP contribution >= 0.6 is 11.3 Å². The van der Waals surface area contributed by atoms with Gasteiger partial charge in [-0.15, -0.1) is 11.3 Å². The van der Waals surface area contributed by atoms with Gasteiger partial charge in [0.15, 0.2) is 9.84 Å². The Morgan fingerprint density at radius 1 is 1.17 bits per heavy atom. The van der Waals surface area contributed by atoms with Gasteiger partial charge in [-0.1, -0.05) is 6.07 Å². The van der Waals surface area contributed by atoms with Crippen molar-refractivity contribution in [3.05, 3.63) is 64.9 Å². The summed E-state index contributed by atoms with van der Waals surface area (Å²) in [5.74, 6) is -2.85. The number of sulfone groups is 1. The molecule has 0 fully saturated rings. The van der Waals surface area contributed by atoms with E-state index in [0.717, 1.165) is 23.5 Å². The number of carbonyl (C=O) groups is 1. The van der Waals surface area contributed by atoms with Gasteiger partial charge in [0.1, 0.15) is 22.5 Å². The molecule has 0 saturated heterocycles. The summed E-state index contributed by atoms with van der Waals surface area (Å²) in [6, 6.07) is 7.99. The summed E-state index contributed by atoms with van der Waals surface area (Å²) in [6.07, 6.45) is 0.715. The number of amides is 1. The normalized spacial score (nSPS) is 12.1. The first kappa shape index (κ1) is 27.7. The zero-order chi connectivity index (χ0) is 26.7. The van der Waals surface area contributed by atoms with E-state index in [2.05, 4.69) is 10.3 Å². The van der Waals surface area contributed by atoms with Crippen LogP contribution in [0.3, 0.4) is 0 Å². The molecule has 36 heavy (non-hydrogen) atoms. The Kier molecular flexibility index (Phi) is 8.44. The number of hydrogen-bond acceptors (Lipinski definition) is 8. The third kappa shape index (κ3) is 6.84. The van der Waals surface area contributed by atoms with E-state index in [1.54, 1.807) is 18.2 Å². The summed E-state index contributed by atoms with van der Waals surface area (Å²) in [5, 5.41) is 22.0. The summed E-state index contributed by atoms with van der Waals surface area (Å²) in [6.45, 7) is 2.72. The maximum absolute atomic E-state index is 14.9. The van der Waals surface area contributed by atoms with E-state index in [4.69, 9.17) is 10.8 Å². The summed E-state index contributed by atoms with van der Waals surface area (Å²) in [7, 11) is -3.45. The van der Waals surface area contributed by atoms with Crippen LogP contribution in [0.5, 0.6) is 0 Å². The van der Waals surface area contributed by atoms with Crippen LogP contribution in [0.2, 0.25) is 0 Å². The molecule has 0 unspecified atom stereocenters. The van der Waals surface area contributed by atoms with Crippen LogP contribution in [0.4, 0.5) is 19.6 Å². The summed E-state index contributed by atoms with van der Waals surface area (Å²) >= 11 is 0.874. The van der Waals surface area contributed by atoms with E-state index in [9.17, 15) is 27.1 Å². The van der Waals surface area contributed by atoms with Crippen molar-refractivity contribution in [1.82, 2.24) is 4.98 Å². The van der Waals surface area contributed by atoms with Crippen molar-refractivity contribution in [3.63, 3.8) is 0 Å². The molecule has 1 amide bonds. The maximum atomic E-state index is 14.9. The number of nitrogens with one attached hydrogen (secondary N) is 1. The van der Waals surface area contributed by atoms with Crippen molar-refractivity contribution >= 4 is 37.9 Å². The van der Waals surface area contributed by atoms with Crippen LogP contribution < -0.4 is 11.1 Å². The zero-order valence-corrected chi connectivity index (χ0v) is 21.3. The molecule has 0 aliphatic carbocycles. The largest absolute Gasteiger partial charge is 0.396 e. The maximum Gasteiger partial charge on any atom is 0.251 e. The number of benzene rings is 1. The molecule has 0 atom stereocenters. The first-order valence-corrected chi connectivity index (χ1v) is 13.6. The lowest BCUT2D eigenvalue weighted by Crippen LogP contribution is -2.16. The third-order valence-corrected chi connectivity index (χ3v) is 7.99. The first-order valence-electron chi connectivity index (χ1n) is 11.0. The molecule has 3 rings (SSSR count). The number of aliphatic hydroxyl groups is 2. The molecular formula is C24H27F2N3O5S2. The van der Waals surface area contributed by atoms with Gasteiger partial charge < -0.3 is 21.3 Å². The van der Waals surface area contributed by atoms with Crippen LogP contribution in [-0.4, -0.2) is 41.9 Å². The van der Waals surface area contributed by atoms with Gasteiger partial charge >= 0.3 is 0 Å². The second kappa shape index (κ2) is 11.0. The first-order chi connectivity index (χ1) is 16.8. The fourth-order valence-corrected chi connectivity index (χ4v) is 5.95. The number of primary amides is 1. The van der Waals surface area contributed by atoms with Crippen molar-refractivity contribution in [2.75, 3.05) is 17.7 Å². The van der Waals surface area contributed by atoms with E-state index in [0.29, 0.717) is 12.8 Å². The molecule has 0 spiro atoms.